The zero-order valence-electron chi connectivity index (χ0n) is 31.0. The second-order valence-corrected chi connectivity index (χ2v) is 16.7. The number of rotatable bonds is 7. The summed E-state index contributed by atoms with van der Waals surface area (Å²) in [5.74, 6) is -1.12. The van der Waals surface area contributed by atoms with Crippen LogP contribution in [0.25, 0.3) is 32.8 Å². The minimum Gasteiger partial charge on any atom is -0.508 e. The molecule has 0 aliphatic carbocycles. The van der Waals surface area contributed by atoms with Crippen LogP contribution >= 0.6 is 0 Å². The maximum atomic E-state index is 17.4. The molecule has 0 amide bonds. The van der Waals surface area contributed by atoms with Crippen molar-refractivity contribution < 1.29 is 27.8 Å². The third-order valence-corrected chi connectivity index (χ3v) is 13.3. The number of hydrogen-bond donors (Lipinski definition) is 2. The van der Waals surface area contributed by atoms with Gasteiger partial charge in [0, 0.05) is 70.9 Å². The summed E-state index contributed by atoms with van der Waals surface area (Å²) in [4.78, 5) is 18.9. The zero-order chi connectivity index (χ0) is 36.9. The second-order valence-electron chi connectivity index (χ2n) is 16.7. The van der Waals surface area contributed by atoms with Crippen molar-refractivity contribution in [1.29, 1.82) is 0 Å². The van der Waals surface area contributed by atoms with Crippen LogP contribution in [0.5, 0.6) is 17.5 Å². The first-order valence-electron chi connectivity index (χ1n) is 19.7. The molecule has 7 heterocycles. The summed E-state index contributed by atoms with van der Waals surface area (Å²) in [5.41, 5.74) is 0.210. The molecule has 6 aliphatic heterocycles. The van der Waals surface area contributed by atoms with Gasteiger partial charge in [-0.05, 0) is 72.7 Å². The van der Waals surface area contributed by atoms with Gasteiger partial charge < -0.3 is 34.6 Å². The van der Waals surface area contributed by atoms with E-state index in [0.717, 1.165) is 64.1 Å². The SMILES string of the molecule is CCc1cccc2cc(O)cc(-c3c(F)c4c5c(nc(OCC67CC(F)CN6CC(CN6CCN(C)CC6)C7)nc5c3F)N3CC5CCC(N5)C3CO4)c12. The number of nitrogens with one attached hydrogen (secondary N) is 1. The van der Waals surface area contributed by atoms with Crippen molar-refractivity contribution in [2.24, 2.45) is 5.92 Å². The fourth-order valence-electron chi connectivity index (χ4n) is 10.7. The van der Waals surface area contributed by atoms with Crippen LogP contribution in [0.15, 0.2) is 30.3 Å². The van der Waals surface area contributed by atoms with E-state index in [1.54, 1.807) is 6.07 Å². The minimum atomic E-state index is -0.953. The zero-order valence-corrected chi connectivity index (χ0v) is 31.0. The van der Waals surface area contributed by atoms with Crippen molar-refractivity contribution in [2.75, 3.05) is 77.5 Å². The fourth-order valence-corrected chi connectivity index (χ4v) is 10.7. The van der Waals surface area contributed by atoms with Crippen molar-refractivity contribution >= 4 is 27.5 Å². The van der Waals surface area contributed by atoms with E-state index in [1.165, 1.54) is 6.07 Å². The van der Waals surface area contributed by atoms with Crippen LogP contribution in [-0.2, 0) is 6.42 Å². The molecule has 54 heavy (non-hydrogen) atoms. The van der Waals surface area contributed by atoms with Gasteiger partial charge in [0.25, 0.3) is 0 Å². The van der Waals surface area contributed by atoms with Gasteiger partial charge in [0.05, 0.1) is 22.5 Å². The van der Waals surface area contributed by atoms with Gasteiger partial charge in [-0.15, -0.1) is 0 Å². The summed E-state index contributed by atoms with van der Waals surface area (Å²) in [7, 11) is 2.15. The molecule has 6 aliphatic rings. The van der Waals surface area contributed by atoms with Gasteiger partial charge in [-0.2, -0.15) is 9.97 Å². The fraction of sp³-hybridized carbons (Fsp3) is 0.561. The predicted octanol–water partition coefficient (Wildman–Crippen LogP) is 5.13. The number of phenolic OH excluding ortho intramolecular Hbond substituents is 1. The van der Waals surface area contributed by atoms with E-state index in [4.69, 9.17) is 19.4 Å². The number of hydrogen-bond acceptors (Lipinski definition) is 10. The lowest BCUT2D eigenvalue weighted by Crippen LogP contribution is -2.60. The van der Waals surface area contributed by atoms with Gasteiger partial charge in [-0.1, -0.05) is 25.1 Å². The highest BCUT2D eigenvalue weighted by Crippen LogP contribution is 2.49. The number of phenols is 1. The van der Waals surface area contributed by atoms with E-state index < -0.39 is 23.3 Å². The van der Waals surface area contributed by atoms with E-state index in [-0.39, 0.29) is 70.9 Å². The highest BCUT2D eigenvalue weighted by atomic mass is 19.1. The molecule has 13 heteroatoms. The first kappa shape index (κ1) is 34.6. The van der Waals surface area contributed by atoms with Crippen LogP contribution in [0.3, 0.4) is 0 Å². The summed E-state index contributed by atoms with van der Waals surface area (Å²) in [6.45, 7) is 9.24. The van der Waals surface area contributed by atoms with Gasteiger partial charge in [-0.25, -0.2) is 13.2 Å². The average molecular weight is 744 g/mol. The summed E-state index contributed by atoms with van der Waals surface area (Å²) < 4.78 is 62.6. The molecule has 0 spiro atoms. The largest absolute Gasteiger partial charge is 0.508 e. The summed E-state index contributed by atoms with van der Waals surface area (Å²) in [6.07, 6.45) is 2.77. The van der Waals surface area contributed by atoms with Crippen LogP contribution in [0.4, 0.5) is 19.0 Å². The first-order valence-corrected chi connectivity index (χ1v) is 19.7. The number of halogens is 3. The Hall–Kier alpha value is -3.91. The number of alkyl halides is 1. The molecule has 2 bridgehead atoms. The average Bonchev–Trinajstić information content (AvgIpc) is 3.76. The highest BCUT2D eigenvalue weighted by Gasteiger charge is 2.53. The Morgan fingerprint density at radius 3 is 2.70 bits per heavy atom. The summed E-state index contributed by atoms with van der Waals surface area (Å²) in [6, 6.07) is 8.81. The summed E-state index contributed by atoms with van der Waals surface area (Å²) >= 11 is 0. The van der Waals surface area contributed by atoms with Crippen molar-refractivity contribution in [3.05, 3.63) is 47.5 Å². The third-order valence-electron chi connectivity index (χ3n) is 13.3. The number of aromatic nitrogens is 2. The van der Waals surface area contributed by atoms with Crippen LogP contribution < -0.4 is 19.7 Å². The van der Waals surface area contributed by atoms with Gasteiger partial charge in [0.1, 0.15) is 36.5 Å². The number of piperazine rings is 2. The lowest BCUT2D eigenvalue weighted by atomic mass is 9.90. The molecule has 5 saturated heterocycles. The number of aromatic hydroxyl groups is 1. The minimum absolute atomic E-state index is 0.0133. The molecule has 6 atom stereocenters. The number of aryl methyl sites for hydroxylation is 1. The molecule has 2 N–H and O–H groups in total. The normalized spacial score (nSPS) is 29.8. The molecule has 10 rings (SSSR count). The molecule has 0 saturated carbocycles. The van der Waals surface area contributed by atoms with Gasteiger partial charge in [-0.3, -0.25) is 4.90 Å². The number of benzene rings is 3. The van der Waals surface area contributed by atoms with Crippen LogP contribution in [-0.4, -0.2) is 132 Å². The number of nitrogens with zero attached hydrogens (tertiary/aromatic N) is 6. The van der Waals surface area contributed by atoms with Gasteiger partial charge in [0.2, 0.25) is 0 Å². The molecule has 3 aromatic carbocycles. The second kappa shape index (κ2) is 13.1. The number of anilines is 1. The van der Waals surface area contributed by atoms with E-state index in [0.29, 0.717) is 48.4 Å². The number of likely N-dealkylation sites (N-methyl/N-ethyl adjacent to an activating group) is 1. The predicted molar refractivity (Wildman–Crippen MR) is 201 cm³/mol. The van der Waals surface area contributed by atoms with Crippen LogP contribution in [0.2, 0.25) is 0 Å². The monoisotopic (exact) mass is 743 g/mol. The number of ether oxygens (including phenoxy) is 2. The molecular formula is C41H48F3N7O3. The maximum Gasteiger partial charge on any atom is 0.319 e. The molecule has 6 unspecified atom stereocenters. The first-order chi connectivity index (χ1) is 26.2. The molecular weight excluding hydrogens is 695 g/mol. The van der Waals surface area contributed by atoms with Crippen molar-refractivity contribution in [3.8, 4) is 28.6 Å². The van der Waals surface area contributed by atoms with E-state index in [9.17, 15) is 5.11 Å². The Balaban J connectivity index is 1.07. The Kier molecular flexibility index (Phi) is 8.39. The van der Waals surface area contributed by atoms with E-state index >= 15 is 13.2 Å². The Morgan fingerprint density at radius 1 is 1.02 bits per heavy atom. The van der Waals surface area contributed by atoms with Crippen LogP contribution in [0.1, 0.15) is 38.2 Å². The Labute approximate surface area is 313 Å². The lowest BCUT2D eigenvalue weighted by Gasteiger charge is -2.40. The molecule has 10 nitrogen and oxygen atoms in total. The quantitative estimate of drug-likeness (QED) is 0.266. The number of fused-ring (bicyclic) bond motifs is 7. The third kappa shape index (κ3) is 5.59. The maximum absolute atomic E-state index is 17.4. The highest BCUT2D eigenvalue weighted by molar-refractivity contribution is 6.05. The van der Waals surface area contributed by atoms with Crippen molar-refractivity contribution in [3.63, 3.8) is 0 Å². The summed E-state index contributed by atoms with van der Waals surface area (Å²) in [5, 5.41) is 16.0. The molecule has 4 aromatic rings. The smallest absolute Gasteiger partial charge is 0.319 e. The van der Waals surface area contributed by atoms with Gasteiger partial charge >= 0.3 is 6.01 Å². The van der Waals surface area contributed by atoms with Gasteiger partial charge in [0.15, 0.2) is 17.4 Å². The molecule has 286 valence electrons. The lowest BCUT2D eigenvalue weighted by molar-refractivity contribution is 0.107. The molecule has 5 fully saturated rings. The van der Waals surface area contributed by atoms with Crippen molar-refractivity contribution in [1.82, 2.24) is 30.0 Å². The van der Waals surface area contributed by atoms with Crippen molar-refractivity contribution in [2.45, 2.75) is 68.9 Å². The Bertz CT molecular complexity index is 2130. The van der Waals surface area contributed by atoms with Crippen LogP contribution in [0, 0.1) is 17.6 Å². The Morgan fingerprint density at radius 2 is 1.87 bits per heavy atom. The topological polar surface area (TPSA) is 89.5 Å². The molecule has 0 radical (unpaired) electrons. The van der Waals surface area contributed by atoms with E-state index in [2.05, 4.69) is 32.0 Å². The standard InChI is InChI=1S/C41H48F3N7O3/c1-3-24-5-4-6-25-13-28(52)14-29(32(24)25)33-35(43)37-34-38(36(33)44)53-21-31-30-8-7-27(45-30)20-51(31)39(34)47-40(46-37)54-22-41-15-23(18-50(41)19-26(42)16-41)17-49-11-9-48(2)10-12-49/h4-6,13-14,23,26-27,30-31,45,52H,3,7-12,15-22H2,1-2H3. The van der Waals surface area contributed by atoms with E-state index in [1.807, 2.05) is 25.1 Å². The molecule has 1 aromatic heterocycles.